The zero-order valence-corrected chi connectivity index (χ0v) is 34.1. The molecule has 3 aromatic heterocycles. The van der Waals surface area contributed by atoms with Gasteiger partial charge in [-0.1, -0.05) is 32.9 Å². The average molecular weight is 827 g/mol. The molecule has 0 bridgehead atoms. The molecular weight excluding hydrogens is 781 g/mol. The Bertz CT molecular complexity index is 2850. The van der Waals surface area contributed by atoms with E-state index in [1.54, 1.807) is 34.9 Å². The summed E-state index contributed by atoms with van der Waals surface area (Å²) in [6.07, 6.45) is 2.81. The van der Waals surface area contributed by atoms with Crippen LogP contribution < -0.4 is 11.2 Å². The number of fused-ring (bicyclic) bond motifs is 5. The van der Waals surface area contributed by atoms with E-state index in [0.717, 1.165) is 47.8 Å². The smallest absolute Gasteiger partial charge is 0.352 e. The number of rotatable bonds is 10. The van der Waals surface area contributed by atoms with Gasteiger partial charge in [-0.2, -0.15) is 5.10 Å². The fourth-order valence-electron chi connectivity index (χ4n) is 9.12. The maximum absolute atomic E-state index is 13.9. The lowest BCUT2D eigenvalue weighted by Gasteiger charge is -2.32. The number of aromatic hydroxyl groups is 3. The second kappa shape index (κ2) is 15.7. The van der Waals surface area contributed by atoms with E-state index >= 15 is 0 Å². The van der Waals surface area contributed by atoms with Crippen molar-refractivity contribution >= 4 is 22.8 Å². The van der Waals surface area contributed by atoms with Gasteiger partial charge in [-0.15, -0.1) is 0 Å². The molecule has 1 saturated heterocycles. The molecule has 0 spiro atoms. The van der Waals surface area contributed by atoms with Crippen LogP contribution in [0.1, 0.15) is 85.4 Å². The predicted molar refractivity (Wildman–Crippen MR) is 225 cm³/mol. The first-order chi connectivity index (χ1) is 29.4. The van der Waals surface area contributed by atoms with Crippen molar-refractivity contribution in [1.29, 1.82) is 0 Å². The largest absolute Gasteiger partial charge is 0.508 e. The zero-order chi connectivity index (χ0) is 42.7. The number of nitrogens with zero attached hydrogens (tertiary/aromatic N) is 5. The fourth-order valence-corrected chi connectivity index (χ4v) is 9.12. The number of aryl methyl sites for hydroxylation is 2. The molecular formula is C46H46N6O9. The summed E-state index contributed by atoms with van der Waals surface area (Å²) in [4.78, 5) is 60.1. The van der Waals surface area contributed by atoms with E-state index in [0.29, 0.717) is 71.3 Å². The van der Waals surface area contributed by atoms with Gasteiger partial charge in [0.25, 0.3) is 5.56 Å². The van der Waals surface area contributed by atoms with Gasteiger partial charge in [-0.05, 0) is 116 Å². The highest BCUT2D eigenvalue weighted by Gasteiger charge is 2.38. The lowest BCUT2D eigenvalue weighted by Crippen LogP contribution is -2.40. The summed E-state index contributed by atoms with van der Waals surface area (Å²) in [6, 6.07) is 17.3. The molecule has 3 aromatic carbocycles. The number of likely N-dealkylation sites (tertiary alicyclic amines) is 1. The van der Waals surface area contributed by atoms with Crippen LogP contribution in [0.15, 0.2) is 70.3 Å². The standard InChI is InChI=1S/C46H46N6O9/c1-4-29-31-17-28(53)11-12-36(31)47-41-34(29)21-51-37(41)19-32-35(44(51)57)23-60-45(58)42(32)61-40(56)22-50-15-13-26(14-16-50)6-5-25-7-9-27(10-8-25)52-43(48-49-46(52)59)33-18-30(24(2)3)38(54)20-39(33)55/h7-12,17-20,24,26,42,53-55H,4-6,13-16,21-23H2,1-3H3,(H,49,59)/t42-/m0/s1. The van der Waals surface area contributed by atoms with E-state index in [1.807, 2.05) is 49.9 Å². The van der Waals surface area contributed by atoms with Crippen LogP contribution in [0.25, 0.3) is 39.4 Å². The number of phenols is 3. The third-order valence-corrected chi connectivity index (χ3v) is 12.4. The van der Waals surface area contributed by atoms with Crippen LogP contribution in [0.4, 0.5) is 0 Å². The Morgan fingerprint density at radius 3 is 2.48 bits per heavy atom. The molecule has 4 N–H and O–H groups in total. The summed E-state index contributed by atoms with van der Waals surface area (Å²) in [7, 11) is 0. The maximum atomic E-state index is 13.9. The third kappa shape index (κ3) is 7.22. The number of ether oxygens (including phenoxy) is 2. The van der Waals surface area contributed by atoms with E-state index in [9.17, 15) is 34.5 Å². The fraction of sp³-hybridized carbons (Fsp3) is 0.348. The maximum Gasteiger partial charge on any atom is 0.352 e. The summed E-state index contributed by atoms with van der Waals surface area (Å²) in [6.45, 7) is 7.31. The molecule has 1 fully saturated rings. The van der Waals surface area contributed by atoms with Crippen LogP contribution in [0.3, 0.4) is 0 Å². The van der Waals surface area contributed by atoms with Gasteiger partial charge in [0.15, 0.2) is 5.82 Å². The Balaban J connectivity index is 0.823. The summed E-state index contributed by atoms with van der Waals surface area (Å²) >= 11 is 0. The number of pyridine rings is 2. The highest BCUT2D eigenvalue weighted by atomic mass is 16.6. The number of esters is 2. The van der Waals surface area contributed by atoms with Crippen molar-refractivity contribution < 1.29 is 34.4 Å². The minimum Gasteiger partial charge on any atom is -0.508 e. The molecule has 61 heavy (non-hydrogen) atoms. The lowest BCUT2D eigenvalue weighted by molar-refractivity contribution is -0.172. The van der Waals surface area contributed by atoms with Gasteiger partial charge in [-0.3, -0.25) is 14.5 Å². The van der Waals surface area contributed by atoms with Crippen molar-refractivity contribution in [2.24, 2.45) is 5.92 Å². The summed E-state index contributed by atoms with van der Waals surface area (Å²) in [5, 5.41) is 38.6. The second-order valence-electron chi connectivity index (χ2n) is 16.5. The molecule has 15 nitrogen and oxygen atoms in total. The van der Waals surface area contributed by atoms with Crippen LogP contribution in [-0.4, -0.2) is 76.1 Å². The number of aromatic nitrogens is 5. The number of benzene rings is 3. The molecule has 0 aliphatic carbocycles. The second-order valence-corrected chi connectivity index (χ2v) is 16.5. The molecule has 1 atom stereocenters. The van der Waals surface area contributed by atoms with Crippen LogP contribution >= 0.6 is 0 Å². The minimum absolute atomic E-state index is 0.00360. The number of carbonyl (C=O) groups excluding carboxylic acids is 2. The SMILES string of the molecule is CCc1c2c(nc3ccc(O)cc13)-c1cc3c(c(=O)n1C2)COC(=O)[C@H]3OC(=O)CN1CCC(CCc2ccc(-n3c(-c4cc(C(C)C)c(O)cc4O)n[nH]c3=O)cc2)CC1. The molecule has 6 aromatic rings. The van der Waals surface area contributed by atoms with Crippen molar-refractivity contribution in [3.05, 3.63) is 115 Å². The average Bonchev–Trinajstić information content (AvgIpc) is 3.81. The molecule has 0 amide bonds. The van der Waals surface area contributed by atoms with Crippen LogP contribution in [0.5, 0.6) is 17.2 Å². The van der Waals surface area contributed by atoms with Gasteiger partial charge in [0.05, 0.1) is 46.8 Å². The Morgan fingerprint density at radius 1 is 0.967 bits per heavy atom. The van der Waals surface area contributed by atoms with Crippen LogP contribution in [-0.2, 0) is 45.1 Å². The third-order valence-electron chi connectivity index (χ3n) is 12.4. The molecule has 0 radical (unpaired) electrons. The van der Waals surface area contributed by atoms with E-state index in [-0.39, 0.29) is 53.3 Å². The molecule has 0 unspecified atom stereocenters. The highest BCUT2D eigenvalue weighted by Crippen LogP contribution is 2.40. The molecule has 6 heterocycles. The quantitative estimate of drug-likeness (QED) is 0.122. The first kappa shape index (κ1) is 39.7. The topological polar surface area (TPSA) is 202 Å². The van der Waals surface area contributed by atoms with Crippen molar-refractivity contribution in [2.75, 3.05) is 19.6 Å². The first-order valence-electron chi connectivity index (χ1n) is 20.7. The first-order valence-corrected chi connectivity index (χ1v) is 20.7. The molecule has 314 valence electrons. The number of cyclic esters (lactones) is 1. The lowest BCUT2D eigenvalue weighted by atomic mass is 9.90. The van der Waals surface area contributed by atoms with E-state index in [1.165, 1.54) is 10.6 Å². The van der Waals surface area contributed by atoms with E-state index in [2.05, 4.69) is 10.2 Å². The zero-order valence-electron chi connectivity index (χ0n) is 34.1. The molecule has 0 saturated carbocycles. The van der Waals surface area contributed by atoms with Crippen molar-refractivity contribution in [3.8, 4) is 45.7 Å². The summed E-state index contributed by atoms with van der Waals surface area (Å²) in [5.41, 5.74) is 6.21. The van der Waals surface area contributed by atoms with Gasteiger partial charge in [0, 0.05) is 22.6 Å². The number of hydrogen-bond donors (Lipinski definition) is 4. The Kier molecular flexibility index (Phi) is 10.2. The summed E-state index contributed by atoms with van der Waals surface area (Å²) < 4.78 is 14.2. The van der Waals surface area contributed by atoms with E-state index < -0.39 is 23.7 Å². The van der Waals surface area contributed by atoms with Crippen molar-refractivity contribution in [3.63, 3.8) is 0 Å². The van der Waals surface area contributed by atoms with Gasteiger partial charge in [0.2, 0.25) is 6.10 Å². The van der Waals surface area contributed by atoms with Crippen molar-refractivity contribution in [2.45, 2.75) is 78.0 Å². The summed E-state index contributed by atoms with van der Waals surface area (Å²) in [5.74, 6) is -0.713. The number of H-pyrrole nitrogens is 1. The van der Waals surface area contributed by atoms with E-state index in [4.69, 9.17) is 14.5 Å². The van der Waals surface area contributed by atoms with Gasteiger partial charge in [0.1, 0.15) is 23.9 Å². The monoisotopic (exact) mass is 826 g/mol. The molecule has 15 heteroatoms. The number of carbonyl (C=O) groups is 2. The number of piperidine rings is 1. The minimum atomic E-state index is -1.37. The highest BCUT2D eigenvalue weighted by molar-refractivity contribution is 5.90. The Labute approximate surface area is 349 Å². The number of phenolic OH excluding ortho intramolecular Hbond substituents is 3. The van der Waals surface area contributed by atoms with Gasteiger partial charge >= 0.3 is 17.6 Å². The predicted octanol–water partition coefficient (Wildman–Crippen LogP) is 5.75. The molecule has 3 aliphatic rings. The van der Waals surface area contributed by atoms with Gasteiger partial charge in [-0.25, -0.2) is 24.2 Å². The Morgan fingerprint density at radius 2 is 1.74 bits per heavy atom. The van der Waals surface area contributed by atoms with Crippen molar-refractivity contribution in [1.82, 2.24) is 29.2 Å². The van der Waals surface area contributed by atoms with Crippen LogP contribution in [0.2, 0.25) is 0 Å². The molecule has 3 aliphatic heterocycles. The number of nitrogens with one attached hydrogen (secondary N) is 1. The normalized spacial score (nSPS) is 16.4. The molecule has 9 rings (SSSR count). The number of hydrogen-bond acceptors (Lipinski definition) is 12. The Hall–Kier alpha value is -6.74. The van der Waals surface area contributed by atoms with Crippen LogP contribution in [0, 0.1) is 5.92 Å². The number of aromatic amines is 1. The van der Waals surface area contributed by atoms with Gasteiger partial charge < -0.3 is 29.4 Å².